The van der Waals surface area contributed by atoms with Crippen LogP contribution in [0, 0.1) is 0 Å². The summed E-state index contributed by atoms with van der Waals surface area (Å²) < 4.78 is 0. The maximum absolute atomic E-state index is 12.8. The average molecular weight is 423 g/mol. The number of carbonyl (C=O) groups excluding carboxylic acids is 2. The molecule has 0 atom stereocenters. The summed E-state index contributed by atoms with van der Waals surface area (Å²) in [6.07, 6.45) is 1.33. The lowest BCUT2D eigenvalue weighted by molar-refractivity contribution is -0.149. The molecule has 0 bridgehead atoms. The molecule has 1 N–H and O–H groups in total. The van der Waals surface area contributed by atoms with Crippen molar-refractivity contribution in [2.24, 2.45) is 0 Å². The Hall–Kier alpha value is -2.22. The topological polar surface area (TPSA) is 86.6 Å². The van der Waals surface area contributed by atoms with Crippen molar-refractivity contribution in [3.63, 3.8) is 0 Å². The molecular weight excluding hydrogens is 403 g/mol. The lowest BCUT2D eigenvalue weighted by Gasteiger charge is -2.37. The van der Waals surface area contributed by atoms with Crippen LogP contribution in [0.1, 0.15) is 24.3 Å². The molecule has 1 fully saturated rings. The van der Waals surface area contributed by atoms with Crippen LogP contribution in [-0.2, 0) is 4.79 Å². The summed E-state index contributed by atoms with van der Waals surface area (Å²) in [4.78, 5) is 36.5. The van der Waals surface area contributed by atoms with E-state index in [2.05, 4.69) is 9.97 Å². The summed E-state index contributed by atoms with van der Waals surface area (Å²) in [5.74, 6) is -0.581. The van der Waals surface area contributed by atoms with Crippen LogP contribution in [0.3, 0.4) is 0 Å². The van der Waals surface area contributed by atoms with Gasteiger partial charge >= 0.3 is 0 Å². The van der Waals surface area contributed by atoms with Crippen LogP contribution >= 0.6 is 23.2 Å². The maximum atomic E-state index is 12.8. The third-order valence-electron chi connectivity index (χ3n) is 4.48. The van der Waals surface area contributed by atoms with Gasteiger partial charge in [0.2, 0.25) is 0 Å². The fourth-order valence-electron chi connectivity index (χ4n) is 2.95. The molecule has 2 amide bonds. The maximum Gasteiger partial charge on any atom is 0.272 e. The van der Waals surface area contributed by atoms with E-state index in [1.54, 1.807) is 34.1 Å². The van der Waals surface area contributed by atoms with E-state index in [-0.39, 0.29) is 17.5 Å². The van der Waals surface area contributed by atoms with E-state index in [0.717, 1.165) is 5.56 Å². The Labute approximate surface area is 172 Å². The van der Waals surface area contributed by atoms with E-state index in [1.807, 2.05) is 0 Å². The van der Waals surface area contributed by atoms with Gasteiger partial charge in [0.05, 0.1) is 15.7 Å². The van der Waals surface area contributed by atoms with Crippen LogP contribution in [0.15, 0.2) is 30.6 Å². The SMILES string of the molecule is CC(C)(O)C(=O)N1CCN(C(=O)c2cc(-c3ccc(Cl)c(Cl)c3)ncn2)CC1. The Morgan fingerprint density at radius 3 is 2.25 bits per heavy atom. The van der Waals surface area contributed by atoms with Gasteiger partial charge in [0.1, 0.15) is 17.6 Å². The van der Waals surface area contributed by atoms with E-state index < -0.39 is 5.60 Å². The van der Waals surface area contributed by atoms with E-state index in [1.165, 1.54) is 20.2 Å². The Morgan fingerprint density at radius 2 is 1.64 bits per heavy atom. The number of aromatic nitrogens is 2. The first-order chi connectivity index (χ1) is 13.2. The molecule has 1 aromatic carbocycles. The minimum atomic E-state index is -1.42. The number of rotatable bonds is 3. The second kappa shape index (κ2) is 8.03. The van der Waals surface area contributed by atoms with Crippen molar-refractivity contribution in [1.82, 2.24) is 19.8 Å². The quantitative estimate of drug-likeness (QED) is 0.820. The predicted octanol–water partition coefficient (Wildman–Crippen LogP) is 2.51. The fraction of sp³-hybridized carbons (Fsp3) is 0.368. The van der Waals surface area contributed by atoms with Crippen molar-refractivity contribution < 1.29 is 14.7 Å². The first-order valence-electron chi connectivity index (χ1n) is 8.75. The molecular formula is C19H20Cl2N4O3. The smallest absolute Gasteiger partial charge is 0.272 e. The van der Waals surface area contributed by atoms with Crippen molar-refractivity contribution >= 4 is 35.0 Å². The molecule has 2 aromatic rings. The summed E-state index contributed by atoms with van der Waals surface area (Å²) in [6, 6.07) is 6.73. The third kappa shape index (κ3) is 4.43. The number of carbonyl (C=O) groups is 2. The summed E-state index contributed by atoms with van der Waals surface area (Å²) in [7, 11) is 0. The van der Waals surface area contributed by atoms with Gasteiger partial charge in [0, 0.05) is 31.7 Å². The van der Waals surface area contributed by atoms with E-state index in [4.69, 9.17) is 23.2 Å². The van der Waals surface area contributed by atoms with Crippen LogP contribution in [-0.4, -0.2) is 68.5 Å². The molecule has 0 saturated carbocycles. The van der Waals surface area contributed by atoms with Gasteiger partial charge < -0.3 is 14.9 Å². The minimum absolute atomic E-state index is 0.237. The zero-order valence-corrected chi connectivity index (χ0v) is 17.0. The van der Waals surface area contributed by atoms with Crippen molar-refractivity contribution in [1.29, 1.82) is 0 Å². The van der Waals surface area contributed by atoms with Crippen LogP contribution in [0.4, 0.5) is 0 Å². The number of hydrogen-bond donors (Lipinski definition) is 1. The highest BCUT2D eigenvalue weighted by atomic mass is 35.5. The fourth-order valence-corrected chi connectivity index (χ4v) is 3.25. The number of benzene rings is 1. The van der Waals surface area contributed by atoms with Gasteiger partial charge in [-0.1, -0.05) is 29.3 Å². The van der Waals surface area contributed by atoms with Gasteiger partial charge in [0.25, 0.3) is 11.8 Å². The molecule has 0 radical (unpaired) electrons. The largest absolute Gasteiger partial charge is 0.381 e. The Bertz CT molecular complexity index is 906. The van der Waals surface area contributed by atoms with E-state index in [0.29, 0.717) is 41.9 Å². The highest BCUT2D eigenvalue weighted by molar-refractivity contribution is 6.42. The summed E-state index contributed by atoms with van der Waals surface area (Å²) in [5.41, 5.74) is 0.130. The van der Waals surface area contributed by atoms with Crippen molar-refractivity contribution in [3.05, 3.63) is 46.3 Å². The second-order valence-corrected chi connectivity index (χ2v) is 7.88. The average Bonchev–Trinajstić information content (AvgIpc) is 2.68. The highest BCUT2D eigenvalue weighted by Crippen LogP contribution is 2.27. The zero-order chi connectivity index (χ0) is 20.5. The van der Waals surface area contributed by atoms with Crippen LogP contribution in [0.5, 0.6) is 0 Å². The van der Waals surface area contributed by atoms with Gasteiger partial charge in [-0.15, -0.1) is 0 Å². The molecule has 0 spiro atoms. The minimum Gasteiger partial charge on any atom is -0.381 e. The first-order valence-corrected chi connectivity index (χ1v) is 9.51. The standard InChI is InChI=1S/C19H20Cl2N4O3/c1-19(2,28)18(27)25-7-5-24(6-8-25)17(26)16-10-15(22-11-23-16)12-3-4-13(20)14(21)9-12/h3-4,9-11,28H,5-8H2,1-2H3. The monoisotopic (exact) mass is 422 g/mol. The van der Waals surface area contributed by atoms with Gasteiger partial charge in [0.15, 0.2) is 0 Å². The molecule has 1 saturated heterocycles. The Kier molecular flexibility index (Phi) is 5.88. The molecule has 148 valence electrons. The van der Waals surface area contributed by atoms with Gasteiger partial charge in [-0.3, -0.25) is 9.59 Å². The summed E-state index contributed by atoms with van der Waals surface area (Å²) >= 11 is 12.0. The lowest BCUT2D eigenvalue weighted by Crippen LogP contribution is -2.55. The van der Waals surface area contributed by atoms with Crippen LogP contribution < -0.4 is 0 Å². The Balaban J connectivity index is 1.72. The van der Waals surface area contributed by atoms with Crippen LogP contribution in [0.2, 0.25) is 10.0 Å². The number of piperazine rings is 1. The number of aliphatic hydroxyl groups is 1. The number of nitrogens with zero attached hydrogens (tertiary/aromatic N) is 4. The molecule has 3 rings (SSSR count). The second-order valence-electron chi connectivity index (χ2n) is 7.06. The van der Waals surface area contributed by atoms with Gasteiger partial charge in [-0.2, -0.15) is 0 Å². The lowest BCUT2D eigenvalue weighted by atomic mass is 10.1. The molecule has 1 aliphatic heterocycles. The summed E-state index contributed by atoms with van der Waals surface area (Å²) in [5, 5.41) is 10.7. The first kappa shape index (κ1) is 20.5. The molecule has 9 heteroatoms. The number of halogens is 2. The normalized spacial score (nSPS) is 14.9. The predicted molar refractivity (Wildman–Crippen MR) is 106 cm³/mol. The molecule has 7 nitrogen and oxygen atoms in total. The van der Waals surface area contributed by atoms with E-state index >= 15 is 0 Å². The number of amides is 2. The molecule has 1 aliphatic rings. The molecule has 28 heavy (non-hydrogen) atoms. The van der Waals surface area contributed by atoms with Gasteiger partial charge in [-0.05, 0) is 32.0 Å². The van der Waals surface area contributed by atoms with Crippen molar-refractivity contribution in [2.45, 2.75) is 19.4 Å². The molecule has 1 aromatic heterocycles. The third-order valence-corrected chi connectivity index (χ3v) is 5.22. The zero-order valence-electron chi connectivity index (χ0n) is 15.5. The van der Waals surface area contributed by atoms with Crippen molar-refractivity contribution in [3.8, 4) is 11.3 Å². The van der Waals surface area contributed by atoms with Crippen molar-refractivity contribution in [2.75, 3.05) is 26.2 Å². The van der Waals surface area contributed by atoms with Gasteiger partial charge in [-0.25, -0.2) is 9.97 Å². The Morgan fingerprint density at radius 1 is 1.00 bits per heavy atom. The number of hydrogen-bond acceptors (Lipinski definition) is 5. The molecule has 2 heterocycles. The van der Waals surface area contributed by atoms with E-state index in [9.17, 15) is 14.7 Å². The van der Waals surface area contributed by atoms with Crippen LogP contribution in [0.25, 0.3) is 11.3 Å². The molecule has 0 unspecified atom stereocenters. The highest BCUT2D eigenvalue weighted by Gasteiger charge is 2.32. The molecule has 0 aliphatic carbocycles. The summed E-state index contributed by atoms with van der Waals surface area (Å²) in [6.45, 7) is 4.37.